The summed E-state index contributed by atoms with van der Waals surface area (Å²) in [6, 6.07) is 0. The maximum atomic E-state index is 9.09. The van der Waals surface area contributed by atoms with Crippen molar-refractivity contribution in [3.05, 3.63) is 12.7 Å². The highest BCUT2D eigenvalue weighted by molar-refractivity contribution is 4.83. The van der Waals surface area contributed by atoms with E-state index in [0.29, 0.717) is 6.42 Å². The van der Waals surface area contributed by atoms with Crippen LogP contribution in [0.1, 0.15) is 13.3 Å². The van der Waals surface area contributed by atoms with E-state index in [1.54, 1.807) is 6.08 Å². The van der Waals surface area contributed by atoms with Crippen LogP contribution in [0, 0.1) is 5.92 Å². The lowest BCUT2D eigenvalue weighted by molar-refractivity contribution is 0.0889. The molecule has 0 saturated carbocycles. The Morgan fingerprint density at radius 3 is 2.33 bits per heavy atom. The largest absolute Gasteiger partial charge is 0.396 e. The summed E-state index contributed by atoms with van der Waals surface area (Å²) < 4.78 is 0. The minimum absolute atomic E-state index is 0.0154. The quantitative estimate of drug-likeness (QED) is 0.546. The normalized spacial score (nSPS) is 16.8. The molecule has 2 N–H and O–H groups in total. The fraction of sp³-hybridized carbons (Fsp3) is 0.714. The molecule has 2 atom stereocenters. The summed E-state index contributed by atoms with van der Waals surface area (Å²) in [4.78, 5) is 0. The van der Waals surface area contributed by atoms with Crippen molar-refractivity contribution in [2.24, 2.45) is 5.92 Å². The van der Waals surface area contributed by atoms with Crippen molar-refractivity contribution in [1.29, 1.82) is 0 Å². The molecular formula is C7H14O2. The van der Waals surface area contributed by atoms with Gasteiger partial charge in [0.2, 0.25) is 0 Å². The number of rotatable bonds is 4. The van der Waals surface area contributed by atoms with Gasteiger partial charge in [0.25, 0.3) is 0 Å². The molecule has 0 amide bonds. The van der Waals surface area contributed by atoms with Gasteiger partial charge in [0, 0.05) is 5.92 Å². The van der Waals surface area contributed by atoms with Gasteiger partial charge in [0.1, 0.15) is 0 Å². The third kappa shape index (κ3) is 2.63. The summed E-state index contributed by atoms with van der Waals surface area (Å²) in [6.45, 7) is 5.34. The zero-order valence-electron chi connectivity index (χ0n) is 5.75. The van der Waals surface area contributed by atoms with E-state index in [4.69, 9.17) is 10.2 Å². The monoisotopic (exact) mass is 130 g/mol. The average Bonchev–Trinajstić information content (AvgIpc) is 1.90. The number of hydrogen-bond donors (Lipinski definition) is 2. The Balaban J connectivity index is 3.63. The van der Waals surface area contributed by atoms with Gasteiger partial charge in [0.05, 0.1) is 12.7 Å². The average molecular weight is 130 g/mol. The highest BCUT2D eigenvalue weighted by atomic mass is 16.3. The third-order valence-electron chi connectivity index (χ3n) is 1.43. The van der Waals surface area contributed by atoms with E-state index in [9.17, 15) is 0 Å². The van der Waals surface area contributed by atoms with Crippen LogP contribution >= 0.6 is 0 Å². The van der Waals surface area contributed by atoms with Gasteiger partial charge in [-0.3, -0.25) is 0 Å². The van der Waals surface area contributed by atoms with Crippen molar-refractivity contribution >= 4 is 0 Å². The number of hydrogen-bond acceptors (Lipinski definition) is 2. The highest BCUT2D eigenvalue weighted by Gasteiger charge is 2.11. The van der Waals surface area contributed by atoms with Crippen molar-refractivity contribution in [2.75, 3.05) is 6.61 Å². The van der Waals surface area contributed by atoms with Gasteiger partial charge in [-0.15, -0.1) is 6.58 Å². The van der Waals surface area contributed by atoms with E-state index in [1.165, 1.54) is 0 Å². The topological polar surface area (TPSA) is 40.5 Å². The highest BCUT2D eigenvalue weighted by Crippen LogP contribution is 2.06. The Morgan fingerprint density at radius 2 is 2.22 bits per heavy atom. The summed E-state index contributed by atoms with van der Waals surface area (Å²) in [5.74, 6) is -0.157. The van der Waals surface area contributed by atoms with Gasteiger partial charge in [-0.25, -0.2) is 0 Å². The molecule has 0 rings (SSSR count). The molecule has 9 heavy (non-hydrogen) atoms. The summed E-state index contributed by atoms with van der Waals surface area (Å²) in [6.07, 6.45) is 1.80. The molecule has 0 aromatic carbocycles. The fourth-order valence-corrected chi connectivity index (χ4v) is 0.656. The van der Waals surface area contributed by atoms with Crippen molar-refractivity contribution in [3.8, 4) is 0 Å². The lowest BCUT2D eigenvalue weighted by Crippen LogP contribution is -2.20. The predicted molar refractivity (Wildman–Crippen MR) is 37.1 cm³/mol. The smallest absolute Gasteiger partial charge is 0.0622 e. The van der Waals surface area contributed by atoms with Crippen LogP contribution in [-0.2, 0) is 0 Å². The summed E-state index contributed by atoms with van der Waals surface area (Å²) >= 11 is 0. The van der Waals surface area contributed by atoms with Crippen LogP contribution in [0.4, 0.5) is 0 Å². The van der Waals surface area contributed by atoms with Gasteiger partial charge in [-0.05, 0) is 6.42 Å². The SMILES string of the molecule is C=CC(CO)C(O)CC. The number of aliphatic hydroxyl groups is 2. The summed E-state index contributed by atoms with van der Waals surface area (Å²) in [7, 11) is 0. The summed E-state index contributed by atoms with van der Waals surface area (Å²) in [5.41, 5.74) is 0. The molecular weight excluding hydrogens is 116 g/mol. The molecule has 0 bridgehead atoms. The van der Waals surface area contributed by atoms with Crippen LogP contribution in [-0.4, -0.2) is 22.9 Å². The first-order valence-electron chi connectivity index (χ1n) is 3.17. The van der Waals surface area contributed by atoms with Crippen molar-refractivity contribution < 1.29 is 10.2 Å². The molecule has 0 heterocycles. The second-order valence-corrected chi connectivity index (χ2v) is 2.06. The molecule has 2 nitrogen and oxygen atoms in total. The molecule has 0 radical (unpaired) electrons. The molecule has 0 aliphatic heterocycles. The maximum absolute atomic E-state index is 9.09. The molecule has 54 valence electrons. The van der Waals surface area contributed by atoms with Crippen LogP contribution in [0.25, 0.3) is 0 Å². The zero-order valence-corrected chi connectivity index (χ0v) is 5.75. The Hall–Kier alpha value is -0.340. The van der Waals surface area contributed by atoms with Crippen molar-refractivity contribution in [1.82, 2.24) is 0 Å². The maximum Gasteiger partial charge on any atom is 0.0622 e. The van der Waals surface area contributed by atoms with Crippen LogP contribution in [0.3, 0.4) is 0 Å². The van der Waals surface area contributed by atoms with Gasteiger partial charge in [0.15, 0.2) is 0 Å². The second kappa shape index (κ2) is 4.53. The van der Waals surface area contributed by atoms with E-state index in [1.807, 2.05) is 6.92 Å². The standard InChI is InChI=1S/C7H14O2/c1-3-6(5-8)7(9)4-2/h3,6-9H,1,4-5H2,2H3. The minimum Gasteiger partial charge on any atom is -0.396 e. The molecule has 0 aliphatic rings. The van der Waals surface area contributed by atoms with E-state index in [-0.39, 0.29) is 12.5 Å². The van der Waals surface area contributed by atoms with Gasteiger partial charge < -0.3 is 10.2 Å². The molecule has 0 aliphatic carbocycles. The Bertz CT molecular complexity index is 81.0. The second-order valence-electron chi connectivity index (χ2n) is 2.06. The Kier molecular flexibility index (Phi) is 4.36. The lowest BCUT2D eigenvalue weighted by Gasteiger charge is -2.14. The Morgan fingerprint density at radius 1 is 1.67 bits per heavy atom. The van der Waals surface area contributed by atoms with Crippen molar-refractivity contribution in [3.63, 3.8) is 0 Å². The first-order valence-corrected chi connectivity index (χ1v) is 3.17. The van der Waals surface area contributed by atoms with Crippen molar-refractivity contribution in [2.45, 2.75) is 19.4 Å². The van der Waals surface area contributed by atoms with Gasteiger partial charge in [-0.2, -0.15) is 0 Å². The lowest BCUT2D eigenvalue weighted by atomic mass is 10.0. The van der Waals surface area contributed by atoms with Crippen LogP contribution in [0.15, 0.2) is 12.7 Å². The van der Waals surface area contributed by atoms with Crippen LogP contribution in [0.5, 0.6) is 0 Å². The Labute approximate surface area is 55.8 Å². The van der Waals surface area contributed by atoms with Crippen LogP contribution < -0.4 is 0 Å². The molecule has 2 unspecified atom stereocenters. The van der Waals surface area contributed by atoms with Gasteiger partial charge >= 0.3 is 0 Å². The first kappa shape index (κ1) is 8.66. The van der Waals surface area contributed by atoms with E-state index in [0.717, 1.165) is 0 Å². The molecule has 0 fully saturated rings. The molecule has 0 spiro atoms. The molecule has 2 heteroatoms. The summed E-state index contributed by atoms with van der Waals surface area (Å²) in [5, 5.41) is 17.7. The van der Waals surface area contributed by atoms with E-state index >= 15 is 0 Å². The van der Waals surface area contributed by atoms with E-state index < -0.39 is 6.10 Å². The predicted octanol–water partition coefficient (Wildman–Crippen LogP) is 0.552. The molecule has 0 saturated heterocycles. The number of aliphatic hydroxyl groups excluding tert-OH is 2. The zero-order chi connectivity index (χ0) is 7.28. The minimum atomic E-state index is -0.438. The van der Waals surface area contributed by atoms with Crippen LogP contribution in [0.2, 0.25) is 0 Å². The third-order valence-corrected chi connectivity index (χ3v) is 1.43. The van der Waals surface area contributed by atoms with E-state index in [2.05, 4.69) is 6.58 Å². The van der Waals surface area contributed by atoms with Gasteiger partial charge in [-0.1, -0.05) is 13.0 Å². The molecule has 0 aromatic heterocycles. The molecule has 0 aromatic rings. The fourth-order valence-electron chi connectivity index (χ4n) is 0.656. The first-order chi connectivity index (χ1) is 4.26.